The number of piperazine rings is 1. The van der Waals surface area contributed by atoms with Crippen molar-refractivity contribution < 1.29 is 4.74 Å². The van der Waals surface area contributed by atoms with E-state index in [4.69, 9.17) is 9.72 Å². The van der Waals surface area contributed by atoms with Crippen LogP contribution in [0.1, 0.15) is 24.0 Å². The summed E-state index contributed by atoms with van der Waals surface area (Å²) in [6.45, 7) is 7.94. The van der Waals surface area contributed by atoms with Crippen LogP contribution in [-0.2, 0) is 6.42 Å². The molecular weight excluding hydrogens is 432 g/mol. The molecule has 4 heterocycles. The summed E-state index contributed by atoms with van der Waals surface area (Å²) in [5, 5.41) is 3.47. The van der Waals surface area contributed by atoms with E-state index in [1.54, 1.807) is 6.33 Å². The van der Waals surface area contributed by atoms with E-state index >= 15 is 0 Å². The van der Waals surface area contributed by atoms with Gasteiger partial charge in [0.2, 0.25) is 0 Å². The Labute approximate surface area is 202 Å². The van der Waals surface area contributed by atoms with Crippen LogP contribution in [0.3, 0.4) is 0 Å². The van der Waals surface area contributed by atoms with Gasteiger partial charge in [0.05, 0.1) is 12.3 Å². The summed E-state index contributed by atoms with van der Waals surface area (Å²) in [6, 6.07) is 12.6. The maximum Gasteiger partial charge on any atom is 0.129 e. The summed E-state index contributed by atoms with van der Waals surface area (Å²) in [5.41, 5.74) is 4.43. The second kappa shape index (κ2) is 10.4. The molecule has 0 saturated carbocycles. The van der Waals surface area contributed by atoms with Gasteiger partial charge in [-0.3, -0.25) is 0 Å². The maximum absolute atomic E-state index is 5.87. The minimum Gasteiger partial charge on any atom is -0.493 e. The van der Waals surface area contributed by atoms with Crippen LogP contribution in [0.4, 0.5) is 11.6 Å². The van der Waals surface area contributed by atoms with Crippen molar-refractivity contribution >= 4 is 25.1 Å². The lowest BCUT2D eigenvalue weighted by molar-refractivity contribution is 0.312. The molecule has 1 aromatic carbocycles. The van der Waals surface area contributed by atoms with E-state index < -0.39 is 0 Å². The van der Waals surface area contributed by atoms with Gasteiger partial charge < -0.3 is 19.9 Å². The van der Waals surface area contributed by atoms with Crippen molar-refractivity contribution in [2.75, 3.05) is 56.6 Å². The van der Waals surface area contributed by atoms with Crippen molar-refractivity contribution in [1.82, 2.24) is 19.9 Å². The number of anilines is 2. The standard InChI is InChI=1S/C25H30N6O.H2S/c1-18(21-5-3-4-19-8-13-32-25(19)21)15-26-23-14-22(28-17-29-23)20-6-7-24(27-16-20)31-11-9-30(2)10-12-31;/h3-7,14,16-18H,8-13,15H2,1-2H3,(H,26,28,29);1H2/t18-;/m1./s1. The zero-order valence-electron chi connectivity index (χ0n) is 19.3. The second-order valence-electron chi connectivity index (χ2n) is 8.70. The summed E-state index contributed by atoms with van der Waals surface area (Å²) < 4.78 is 5.87. The first-order valence-electron chi connectivity index (χ1n) is 11.4. The number of para-hydroxylation sites is 1. The molecule has 3 aromatic rings. The van der Waals surface area contributed by atoms with Crippen molar-refractivity contribution in [2.24, 2.45) is 0 Å². The number of pyridine rings is 1. The molecule has 0 radical (unpaired) electrons. The summed E-state index contributed by atoms with van der Waals surface area (Å²) in [4.78, 5) is 18.3. The number of benzene rings is 1. The number of likely N-dealkylation sites (N-methyl/N-ethyl adjacent to an activating group) is 1. The topological polar surface area (TPSA) is 66.4 Å². The molecule has 8 heteroatoms. The summed E-state index contributed by atoms with van der Waals surface area (Å²) in [7, 11) is 2.16. The van der Waals surface area contributed by atoms with Gasteiger partial charge in [-0.25, -0.2) is 15.0 Å². The van der Waals surface area contributed by atoms with Crippen LogP contribution in [0.15, 0.2) is 48.9 Å². The summed E-state index contributed by atoms with van der Waals surface area (Å²) in [6.07, 6.45) is 4.52. The zero-order valence-corrected chi connectivity index (χ0v) is 20.3. The van der Waals surface area contributed by atoms with E-state index in [-0.39, 0.29) is 13.5 Å². The number of nitrogens with one attached hydrogen (secondary N) is 1. The Bertz CT molecular complexity index is 1070. The minimum atomic E-state index is 0. The van der Waals surface area contributed by atoms with Crippen LogP contribution in [0.5, 0.6) is 5.75 Å². The molecule has 0 aliphatic carbocycles. The molecule has 1 N–H and O–H groups in total. The minimum absolute atomic E-state index is 0. The number of hydrogen-bond donors (Lipinski definition) is 1. The van der Waals surface area contributed by atoms with E-state index in [2.05, 4.69) is 69.4 Å². The molecular formula is C25H32N6OS. The van der Waals surface area contributed by atoms with E-state index in [1.165, 1.54) is 11.1 Å². The van der Waals surface area contributed by atoms with Gasteiger partial charge in [-0.2, -0.15) is 13.5 Å². The van der Waals surface area contributed by atoms with Crippen LogP contribution in [0, 0.1) is 0 Å². The molecule has 0 bridgehead atoms. The summed E-state index contributed by atoms with van der Waals surface area (Å²) >= 11 is 0. The highest BCUT2D eigenvalue weighted by Gasteiger charge is 2.20. The van der Waals surface area contributed by atoms with E-state index in [0.717, 1.165) is 74.4 Å². The highest BCUT2D eigenvalue weighted by atomic mass is 32.1. The molecule has 174 valence electrons. The third kappa shape index (κ3) is 5.23. The molecule has 5 rings (SSSR count). The normalized spacial score (nSPS) is 16.5. The SMILES string of the molecule is C[C@H](CNc1cc(-c2ccc(N3CCN(C)CC3)nc2)ncn1)c1cccc2c1OCC2.S. The van der Waals surface area contributed by atoms with E-state index in [0.29, 0.717) is 5.92 Å². The summed E-state index contributed by atoms with van der Waals surface area (Å²) in [5.74, 6) is 3.22. The van der Waals surface area contributed by atoms with E-state index in [9.17, 15) is 0 Å². The predicted molar refractivity (Wildman–Crippen MR) is 138 cm³/mol. The quantitative estimate of drug-likeness (QED) is 0.598. The fourth-order valence-corrected chi connectivity index (χ4v) is 4.37. The Morgan fingerprint density at radius 3 is 2.70 bits per heavy atom. The number of nitrogens with zero attached hydrogens (tertiary/aromatic N) is 5. The van der Waals surface area contributed by atoms with Crippen LogP contribution in [-0.4, -0.2) is 66.2 Å². The zero-order chi connectivity index (χ0) is 21.9. The van der Waals surface area contributed by atoms with Crippen LogP contribution < -0.4 is 15.0 Å². The molecule has 2 aliphatic rings. The average molecular weight is 465 g/mol. The third-order valence-corrected chi connectivity index (χ3v) is 6.40. The average Bonchev–Trinajstić information content (AvgIpc) is 3.32. The predicted octanol–water partition coefficient (Wildman–Crippen LogP) is 3.55. The molecule has 1 atom stereocenters. The van der Waals surface area contributed by atoms with Crippen LogP contribution in [0.25, 0.3) is 11.3 Å². The fraction of sp³-hybridized carbons (Fsp3) is 0.400. The number of ether oxygens (including phenoxy) is 1. The van der Waals surface area contributed by atoms with Crippen LogP contribution >= 0.6 is 13.5 Å². The van der Waals surface area contributed by atoms with Gasteiger partial charge in [0, 0.05) is 62.9 Å². The van der Waals surface area contributed by atoms with Gasteiger partial charge in [-0.15, -0.1) is 0 Å². The Hall–Kier alpha value is -2.84. The Morgan fingerprint density at radius 1 is 1.06 bits per heavy atom. The number of rotatable bonds is 6. The van der Waals surface area contributed by atoms with Crippen molar-refractivity contribution in [3.05, 3.63) is 60.0 Å². The Balaban J connectivity index is 0.00000259. The maximum atomic E-state index is 5.87. The number of fused-ring (bicyclic) bond motifs is 1. The molecule has 0 spiro atoms. The fourth-order valence-electron chi connectivity index (χ4n) is 4.37. The Morgan fingerprint density at radius 2 is 1.91 bits per heavy atom. The lowest BCUT2D eigenvalue weighted by Crippen LogP contribution is -2.44. The first-order chi connectivity index (χ1) is 15.7. The Kier molecular flexibility index (Phi) is 7.35. The smallest absolute Gasteiger partial charge is 0.129 e. The number of hydrogen-bond acceptors (Lipinski definition) is 7. The molecule has 2 aliphatic heterocycles. The van der Waals surface area contributed by atoms with Gasteiger partial charge >= 0.3 is 0 Å². The molecule has 1 fully saturated rings. The van der Waals surface area contributed by atoms with Gasteiger partial charge in [-0.1, -0.05) is 25.1 Å². The molecule has 1 saturated heterocycles. The van der Waals surface area contributed by atoms with E-state index in [1.807, 2.05) is 12.3 Å². The highest BCUT2D eigenvalue weighted by Crippen LogP contribution is 2.34. The second-order valence-corrected chi connectivity index (χ2v) is 8.70. The lowest BCUT2D eigenvalue weighted by atomic mass is 9.97. The largest absolute Gasteiger partial charge is 0.493 e. The van der Waals surface area contributed by atoms with Gasteiger partial charge in [0.1, 0.15) is 23.7 Å². The first-order valence-corrected chi connectivity index (χ1v) is 11.4. The molecule has 0 unspecified atom stereocenters. The van der Waals surface area contributed by atoms with Gasteiger partial charge in [0.25, 0.3) is 0 Å². The number of aromatic nitrogens is 3. The molecule has 33 heavy (non-hydrogen) atoms. The molecule has 2 aromatic heterocycles. The molecule has 7 nitrogen and oxygen atoms in total. The molecule has 0 amide bonds. The van der Waals surface area contributed by atoms with Crippen molar-refractivity contribution in [2.45, 2.75) is 19.3 Å². The van der Waals surface area contributed by atoms with Crippen molar-refractivity contribution in [3.63, 3.8) is 0 Å². The lowest BCUT2D eigenvalue weighted by Gasteiger charge is -2.33. The van der Waals surface area contributed by atoms with Gasteiger partial charge in [-0.05, 0) is 30.3 Å². The van der Waals surface area contributed by atoms with Gasteiger partial charge in [0.15, 0.2) is 0 Å². The van der Waals surface area contributed by atoms with Crippen molar-refractivity contribution in [1.29, 1.82) is 0 Å². The van der Waals surface area contributed by atoms with Crippen molar-refractivity contribution in [3.8, 4) is 17.0 Å². The highest BCUT2D eigenvalue weighted by molar-refractivity contribution is 7.59. The monoisotopic (exact) mass is 464 g/mol. The third-order valence-electron chi connectivity index (χ3n) is 6.40. The van der Waals surface area contributed by atoms with Crippen LogP contribution in [0.2, 0.25) is 0 Å². The first kappa shape index (κ1) is 23.3.